The van der Waals surface area contributed by atoms with Gasteiger partial charge in [0.25, 0.3) is 0 Å². The van der Waals surface area contributed by atoms with E-state index in [0.29, 0.717) is 11.1 Å². The Bertz CT molecular complexity index is 741. The summed E-state index contributed by atoms with van der Waals surface area (Å²) in [7, 11) is 0. The number of fused-ring (bicyclic) bond motifs is 1. The Balaban J connectivity index is 2.21. The molecular formula is C12H8N2O4. The Hall–Kier alpha value is -2.63. The topological polar surface area (TPSA) is 89.4 Å². The van der Waals surface area contributed by atoms with E-state index in [4.69, 9.17) is 9.52 Å². The van der Waals surface area contributed by atoms with Gasteiger partial charge in [0.15, 0.2) is 0 Å². The van der Waals surface area contributed by atoms with Crippen molar-refractivity contribution in [2.75, 3.05) is 0 Å². The predicted molar refractivity (Wildman–Crippen MR) is 61.2 cm³/mol. The molecule has 0 bridgehead atoms. The van der Waals surface area contributed by atoms with Crippen LogP contribution in [0, 0.1) is 6.92 Å². The van der Waals surface area contributed by atoms with E-state index in [2.05, 4.69) is 14.7 Å². The molecule has 0 aliphatic rings. The highest BCUT2D eigenvalue weighted by atomic mass is 16.5. The van der Waals surface area contributed by atoms with Gasteiger partial charge < -0.3 is 14.0 Å². The van der Waals surface area contributed by atoms with E-state index in [1.165, 1.54) is 0 Å². The number of benzene rings is 1. The van der Waals surface area contributed by atoms with Crippen molar-refractivity contribution in [3.63, 3.8) is 0 Å². The third-order valence-corrected chi connectivity index (χ3v) is 2.53. The molecule has 0 fully saturated rings. The van der Waals surface area contributed by atoms with Gasteiger partial charge in [-0.25, -0.2) is 4.79 Å². The molecule has 0 atom stereocenters. The third kappa shape index (κ3) is 1.55. The number of rotatable bonds is 2. The average molecular weight is 244 g/mol. The molecular weight excluding hydrogens is 236 g/mol. The van der Waals surface area contributed by atoms with Crippen molar-refractivity contribution >= 4 is 16.9 Å². The fourth-order valence-electron chi connectivity index (χ4n) is 1.80. The summed E-state index contributed by atoms with van der Waals surface area (Å²) >= 11 is 0. The van der Waals surface area contributed by atoms with Gasteiger partial charge in [-0.1, -0.05) is 17.3 Å². The summed E-state index contributed by atoms with van der Waals surface area (Å²) < 4.78 is 10.1. The van der Waals surface area contributed by atoms with Crippen LogP contribution >= 0.6 is 0 Å². The van der Waals surface area contributed by atoms with Crippen LogP contribution in [0.15, 0.2) is 33.2 Å². The number of aromatic carboxylic acids is 1. The van der Waals surface area contributed by atoms with E-state index in [9.17, 15) is 4.79 Å². The molecule has 2 heterocycles. The number of carboxylic acids is 1. The maximum atomic E-state index is 10.7. The number of carbonyl (C=O) groups is 1. The van der Waals surface area contributed by atoms with E-state index in [1.807, 2.05) is 19.1 Å². The van der Waals surface area contributed by atoms with Gasteiger partial charge in [-0.2, -0.15) is 4.98 Å². The van der Waals surface area contributed by atoms with Gasteiger partial charge in [0.2, 0.25) is 5.82 Å². The zero-order valence-corrected chi connectivity index (χ0v) is 9.38. The average Bonchev–Trinajstić information content (AvgIpc) is 2.92. The van der Waals surface area contributed by atoms with Crippen LogP contribution in [0.5, 0.6) is 0 Å². The first-order valence-corrected chi connectivity index (χ1v) is 5.21. The van der Waals surface area contributed by atoms with Crippen molar-refractivity contribution in [2.24, 2.45) is 0 Å². The maximum Gasteiger partial charge on any atom is 0.394 e. The van der Waals surface area contributed by atoms with Crippen molar-refractivity contribution < 1.29 is 18.8 Å². The minimum atomic E-state index is -1.25. The Morgan fingerprint density at radius 2 is 2.22 bits per heavy atom. The zero-order valence-electron chi connectivity index (χ0n) is 9.38. The van der Waals surface area contributed by atoms with Crippen LogP contribution in [-0.2, 0) is 0 Å². The van der Waals surface area contributed by atoms with Gasteiger partial charge >= 0.3 is 11.9 Å². The van der Waals surface area contributed by atoms with Crippen LogP contribution < -0.4 is 0 Å². The van der Waals surface area contributed by atoms with Gasteiger partial charge in [-0.3, -0.25) is 0 Å². The van der Waals surface area contributed by atoms with E-state index in [1.54, 1.807) is 12.1 Å². The molecule has 0 amide bonds. The Morgan fingerprint density at radius 3 is 2.94 bits per heavy atom. The van der Waals surface area contributed by atoms with Gasteiger partial charge in [0.05, 0.1) is 0 Å². The molecule has 0 unspecified atom stereocenters. The summed E-state index contributed by atoms with van der Waals surface area (Å²) in [5, 5.41) is 13.2. The van der Waals surface area contributed by atoms with Crippen molar-refractivity contribution in [1.82, 2.24) is 10.1 Å². The predicted octanol–water partition coefficient (Wildman–Crippen LogP) is 2.49. The zero-order chi connectivity index (χ0) is 12.7. The molecule has 6 nitrogen and oxygen atoms in total. The van der Waals surface area contributed by atoms with Crippen LogP contribution in [-0.4, -0.2) is 21.2 Å². The number of hydrogen-bond acceptors (Lipinski definition) is 5. The largest absolute Gasteiger partial charge is 0.474 e. The first-order chi connectivity index (χ1) is 8.65. The van der Waals surface area contributed by atoms with Gasteiger partial charge in [0.1, 0.15) is 11.3 Å². The molecule has 0 saturated heterocycles. The number of carboxylic acid groups (broad SMARTS) is 1. The molecule has 18 heavy (non-hydrogen) atoms. The van der Waals surface area contributed by atoms with Crippen molar-refractivity contribution in [3.8, 4) is 11.4 Å². The number of furan rings is 1. The number of aryl methyl sites for hydroxylation is 1. The smallest absolute Gasteiger partial charge is 0.394 e. The molecule has 1 aromatic carbocycles. The van der Waals surface area contributed by atoms with Crippen molar-refractivity contribution in [2.45, 2.75) is 6.92 Å². The van der Waals surface area contributed by atoms with E-state index in [-0.39, 0.29) is 5.82 Å². The third-order valence-electron chi connectivity index (χ3n) is 2.53. The lowest BCUT2D eigenvalue weighted by Gasteiger charge is -1.94. The summed E-state index contributed by atoms with van der Waals surface area (Å²) in [6.45, 7) is 1.84. The lowest BCUT2D eigenvalue weighted by molar-refractivity contribution is 0.0643. The summed E-state index contributed by atoms with van der Waals surface area (Å²) in [5.74, 6) is -0.676. The van der Waals surface area contributed by atoms with Crippen LogP contribution in [0.25, 0.3) is 22.4 Å². The molecule has 1 N–H and O–H groups in total. The molecule has 0 saturated carbocycles. The Kier molecular flexibility index (Phi) is 2.16. The molecule has 3 aromatic rings. The van der Waals surface area contributed by atoms with E-state index >= 15 is 0 Å². The summed E-state index contributed by atoms with van der Waals surface area (Å²) in [6, 6.07) is 7.25. The van der Waals surface area contributed by atoms with Gasteiger partial charge in [0, 0.05) is 10.9 Å². The quantitative estimate of drug-likeness (QED) is 0.744. The highest BCUT2D eigenvalue weighted by Crippen LogP contribution is 2.28. The molecule has 2 aromatic heterocycles. The van der Waals surface area contributed by atoms with Crippen LogP contribution in [0.1, 0.15) is 16.4 Å². The minimum Gasteiger partial charge on any atom is -0.474 e. The van der Waals surface area contributed by atoms with Gasteiger partial charge in [-0.05, 0) is 19.1 Å². The summed E-state index contributed by atoms with van der Waals surface area (Å²) in [4.78, 5) is 14.5. The number of nitrogens with zero attached hydrogens (tertiary/aromatic N) is 2. The maximum absolute atomic E-state index is 10.7. The van der Waals surface area contributed by atoms with E-state index < -0.39 is 11.9 Å². The first-order valence-electron chi connectivity index (χ1n) is 5.21. The van der Waals surface area contributed by atoms with Crippen LogP contribution in [0.4, 0.5) is 0 Å². The van der Waals surface area contributed by atoms with Crippen molar-refractivity contribution in [3.05, 3.63) is 35.9 Å². The number of hydrogen-bond donors (Lipinski definition) is 1. The van der Waals surface area contributed by atoms with Gasteiger partial charge in [-0.15, -0.1) is 0 Å². The summed E-state index contributed by atoms with van der Waals surface area (Å²) in [6.07, 6.45) is 0. The highest BCUT2D eigenvalue weighted by molar-refractivity contribution is 5.93. The molecule has 0 radical (unpaired) electrons. The van der Waals surface area contributed by atoms with E-state index in [0.717, 1.165) is 11.1 Å². The molecule has 0 aliphatic carbocycles. The SMILES string of the molecule is Cc1cc2c(-c3noc(C(=O)O)n3)cccc2o1. The first kappa shape index (κ1) is 10.5. The molecule has 0 spiro atoms. The molecule has 3 rings (SSSR count). The molecule has 6 heteroatoms. The highest BCUT2D eigenvalue weighted by Gasteiger charge is 2.17. The second kappa shape index (κ2) is 3.69. The van der Waals surface area contributed by atoms with Crippen LogP contribution in [0.3, 0.4) is 0 Å². The Morgan fingerprint density at radius 1 is 1.39 bits per heavy atom. The fraction of sp³-hybridized carbons (Fsp3) is 0.0833. The number of aromatic nitrogens is 2. The normalized spacial score (nSPS) is 10.9. The summed E-state index contributed by atoms with van der Waals surface area (Å²) in [5.41, 5.74) is 1.38. The lowest BCUT2D eigenvalue weighted by atomic mass is 10.1. The molecule has 0 aliphatic heterocycles. The second-order valence-electron chi connectivity index (χ2n) is 3.80. The standard InChI is InChI=1S/C12H8N2O4/c1-6-5-8-7(3-2-4-9(8)17-6)10-13-11(12(15)16)18-14-10/h2-5H,1H3,(H,15,16). The van der Waals surface area contributed by atoms with Crippen LogP contribution in [0.2, 0.25) is 0 Å². The molecule has 90 valence electrons. The minimum absolute atomic E-state index is 0.235. The fourth-order valence-corrected chi connectivity index (χ4v) is 1.80. The Labute approximate surface area is 101 Å². The van der Waals surface area contributed by atoms with Crippen molar-refractivity contribution in [1.29, 1.82) is 0 Å². The monoisotopic (exact) mass is 244 g/mol. The second-order valence-corrected chi connectivity index (χ2v) is 3.80. The lowest BCUT2D eigenvalue weighted by Crippen LogP contribution is -1.95.